The minimum absolute atomic E-state index is 0.109. The molecular weight excluding hydrogens is 473 g/mol. The summed E-state index contributed by atoms with van der Waals surface area (Å²) in [6.45, 7) is 3.69. The van der Waals surface area contributed by atoms with Crippen LogP contribution < -0.4 is 5.53 Å². The van der Waals surface area contributed by atoms with E-state index in [9.17, 15) is 0 Å². The minimum atomic E-state index is 0.109. The number of nitrogens with one attached hydrogen (secondary N) is 1. The molecule has 1 aliphatic heterocycles. The molecule has 14 heteroatoms. The third kappa shape index (κ3) is 12.0. The fourth-order valence-corrected chi connectivity index (χ4v) is 6.60. The largest absolute Gasteiger partial charge is 0.308 e. The van der Waals surface area contributed by atoms with E-state index in [0.29, 0.717) is 0 Å². The smallest absolute Gasteiger partial charge is 0.209 e. The van der Waals surface area contributed by atoms with Crippen molar-refractivity contribution in [3.05, 3.63) is 0 Å². The first-order chi connectivity index (χ1) is 15.1. The Kier molecular flexibility index (Phi) is 14.3. The van der Waals surface area contributed by atoms with Crippen molar-refractivity contribution in [1.82, 2.24) is 40.6 Å². The SMILES string of the molecule is CN(C)CCN1NN=NC1SCCSCCCSCCSc1nnnn1CCN(C)C. The number of likely N-dealkylation sites (N-methyl/N-ethyl adjacent to an activating group) is 2. The van der Waals surface area contributed by atoms with Crippen LogP contribution in [0.3, 0.4) is 0 Å². The molecule has 1 aliphatic rings. The molecule has 1 aromatic rings. The molecule has 10 nitrogen and oxygen atoms in total. The number of rotatable bonds is 18. The van der Waals surface area contributed by atoms with Crippen LogP contribution in [0.5, 0.6) is 0 Å². The highest BCUT2D eigenvalue weighted by molar-refractivity contribution is 8.03. The molecule has 1 aromatic heterocycles. The summed E-state index contributed by atoms with van der Waals surface area (Å²) >= 11 is 7.66. The lowest BCUT2D eigenvalue weighted by molar-refractivity contribution is 0.196. The summed E-state index contributed by atoms with van der Waals surface area (Å²) in [4.78, 5) is 4.31. The second kappa shape index (κ2) is 16.4. The average Bonchev–Trinajstić information content (AvgIpc) is 3.37. The van der Waals surface area contributed by atoms with Gasteiger partial charge in [0.15, 0.2) is 5.50 Å². The first-order valence-electron chi connectivity index (χ1n) is 10.4. The summed E-state index contributed by atoms with van der Waals surface area (Å²) in [7, 11) is 8.28. The number of hydrogen-bond donors (Lipinski definition) is 1. The number of thioether (sulfide) groups is 4. The zero-order valence-corrected chi connectivity index (χ0v) is 22.3. The van der Waals surface area contributed by atoms with Gasteiger partial charge in [-0.15, -0.1) is 22.0 Å². The first-order valence-corrected chi connectivity index (χ1v) is 14.8. The van der Waals surface area contributed by atoms with Crippen LogP contribution in [0.15, 0.2) is 15.5 Å². The average molecular weight is 509 g/mol. The molecular formula is C17H36N10S4. The normalized spacial score (nSPS) is 16.6. The molecule has 2 heterocycles. The van der Waals surface area contributed by atoms with Crippen LogP contribution in [0.25, 0.3) is 0 Å². The number of hydrogen-bond acceptors (Lipinski definition) is 13. The predicted molar refractivity (Wildman–Crippen MR) is 136 cm³/mol. The van der Waals surface area contributed by atoms with Crippen LogP contribution in [0.2, 0.25) is 0 Å². The third-order valence-electron chi connectivity index (χ3n) is 4.17. The topological polar surface area (TPSA) is 90.1 Å². The van der Waals surface area contributed by atoms with E-state index < -0.39 is 0 Å². The van der Waals surface area contributed by atoms with Gasteiger partial charge in [-0.1, -0.05) is 17.0 Å². The molecule has 2 rings (SSSR count). The highest BCUT2D eigenvalue weighted by Gasteiger charge is 2.22. The lowest BCUT2D eigenvalue weighted by atomic mass is 10.6. The molecule has 0 fully saturated rings. The Morgan fingerprint density at radius 2 is 1.61 bits per heavy atom. The fourth-order valence-electron chi connectivity index (χ4n) is 2.44. The molecule has 0 saturated carbocycles. The van der Waals surface area contributed by atoms with Crippen LogP contribution in [0.1, 0.15) is 6.42 Å². The summed E-state index contributed by atoms with van der Waals surface area (Å²) in [6.07, 6.45) is 1.25. The third-order valence-corrected chi connectivity index (χ3v) is 8.88. The molecule has 0 saturated heterocycles. The minimum Gasteiger partial charge on any atom is -0.308 e. The van der Waals surface area contributed by atoms with Gasteiger partial charge in [-0.05, 0) is 56.5 Å². The van der Waals surface area contributed by atoms with Crippen molar-refractivity contribution in [2.75, 3.05) is 82.3 Å². The van der Waals surface area contributed by atoms with Crippen LogP contribution in [-0.4, -0.2) is 123 Å². The van der Waals surface area contributed by atoms with Crippen molar-refractivity contribution >= 4 is 47.0 Å². The van der Waals surface area contributed by atoms with E-state index in [2.05, 4.69) is 74.4 Å². The lowest BCUT2D eigenvalue weighted by Gasteiger charge is -2.21. The maximum atomic E-state index is 4.27. The van der Waals surface area contributed by atoms with Gasteiger partial charge in [-0.2, -0.15) is 28.5 Å². The second-order valence-electron chi connectivity index (χ2n) is 7.42. The Balaban J connectivity index is 1.40. The van der Waals surface area contributed by atoms with Gasteiger partial charge >= 0.3 is 0 Å². The molecule has 31 heavy (non-hydrogen) atoms. The van der Waals surface area contributed by atoms with Crippen LogP contribution in [0, 0.1) is 0 Å². The van der Waals surface area contributed by atoms with E-state index in [1.165, 1.54) is 17.9 Å². The first kappa shape index (κ1) is 27.0. The van der Waals surface area contributed by atoms with E-state index in [1.807, 2.05) is 40.0 Å². The quantitative estimate of drug-likeness (QED) is 0.233. The van der Waals surface area contributed by atoms with Gasteiger partial charge in [0.05, 0.1) is 6.54 Å². The van der Waals surface area contributed by atoms with E-state index in [0.717, 1.165) is 54.3 Å². The van der Waals surface area contributed by atoms with Crippen molar-refractivity contribution in [3.63, 3.8) is 0 Å². The van der Waals surface area contributed by atoms with Crippen molar-refractivity contribution in [1.29, 1.82) is 0 Å². The van der Waals surface area contributed by atoms with Crippen molar-refractivity contribution in [3.8, 4) is 0 Å². The summed E-state index contributed by atoms with van der Waals surface area (Å²) in [5.74, 6) is 6.87. The Bertz CT molecular complexity index is 615. The van der Waals surface area contributed by atoms with E-state index in [-0.39, 0.29) is 5.50 Å². The molecule has 0 amide bonds. The molecule has 0 aliphatic carbocycles. The van der Waals surface area contributed by atoms with E-state index in [1.54, 1.807) is 11.8 Å². The number of aromatic nitrogens is 4. The Morgan fingerprint density at radius 1 is 0.903 bits per heavy atom. The van der Waals surface area contributed by atoms with Crippen LogP contribution >= 0.6 is 47.0 Å². The highest BCUT2D eigenvalue weighted by atomic mass is 32.2. The van der Waals surface area contributed by atoms with Gasteiger partial charge in [0.1, 0.15) is 0 Å². The number of hydrazine groups is 1. The molecule has 0 aromatic carbocycles. The lowest BCUT2D eigenvalue weighted by Crippen LogP contribution is -2.40. The molecule has 1 atom stereocenters. The van der Waals surface area contributed by atoms with Gasteiger partial charge in [0.2, 0.25) is 5.16 Å². The van der Waals surface area contributed by atoms with E-state index in [4.69, 9.17) is 0 Å². The standard InChI is InChI=1S/C17H36N10S4/c1-24(2)6-8-26-16(18-20-22-26)30-14-12-28-10-5-11-29-13-15-31-17-19-21-23-27(17)9-7-25(3)4/h16H,5-15H2,1-4H3,(H,18,22). The molecule has 178 valence electrons. The molecule has 0 bridgehead atoms. The van der Waals surface area contributed by atoms with Gasteiger partial charge in [0.25, 0.3) is 0 Å². The summed E-state index contributed by atoms with van der Waals surface area (Å²) in [5.41, 5.74) is 3.10. The molecule has 1 N–H and O–H groups in total. The Labute approximate surface area is 203 Å². The van der Waals surface area contributed by atoms with Crippen molar-refractivity contribution < 1.29 is 0 Å². The summed E-state index contributed by atoms with van der Waals surface area (Å²) in [6, 6.07) is 0. The molecule has 0 radical (unpaired) electrons. The monoisotopic (exact) mass is 508 g/mol. The zero-order valence-electron chi connectivity index (χ0n) is 19.0. The second-order valence-corrected chi connectivity index (χ2v) is 12.1. The number of nitrogens with zero attached hydrogens (tertiary/aromatic N) is 9. The van der Waals surface area contributed by atoms with Gasteiger partial charge in [0, 0.05) is 42.6 Å². The Hall–Kier alpha value is -0.250. The van der Waals surface area contributed by atoms with Crippen molar-refractivity contribution in [2.45, 2.75) is 23.6 Å². The Morgan fingerprint density at radius 3 is 2.35 bits per heavy atom. The van der Waals surface area contributed by atoms with Crippen LogP contribution in [0.4, 0.5) is 0 Å². The van der Waals surface area contributed by atoms with Gasteiger partial charge in [-0.3, -0.25) is 0 Å². The number of tetrazole rings is 1. The van der Waals surface area contributed by atoms with Gasteiger partial charge in [-0.25, -0.2) is 10.2 Å². The van der Waals surface area contributed by atoms with E-state index >= 15 is 0 Å². The fraction of sp³-hybridized carbons (Fsp3) is 0.941. The predicted octanol–water partition coefficient (Wildman–Crippen LogP) is 1.95. The van der Waals surface area contributed by atoms with Crippen molar-refractivity contribution in [2.24, 2.45) is 10.3 Å². The maximum absolute atomic E-state index is 4.27. The summed E-state index contributed by atoms with van der Waals surface area (Å²) < 4.78 is 1.90. The summed E-state index contributed by atoms with van der Waals surface area (Å²) in [5, 5.41) is 23.3. The zero-order chi connectivity index (χ0) is 22.3. The maximum Gasteiger partial charge on any atom is 0.209 e. The van der Waals surface area contributed by atoms with Crippen LogP contribution in [-0.2, 0) is 6.54 Å². The highest BCUT2D eigenvalue weighted by Crippen LogP contribution is 2.21. The molecule has 1 unspecified atom stereocenters. The van der Waals surface area contributed by atoms with Gasteiger partial charge < -0.3 is 9.80 Å². The molecule has 0 spiro atoms.